The molecule has 13 heavy (non-hydrogen) atoms. The largest absolute Gasteiger partial charge is 0.379 e. The van der Waals surface area contributed by atoms with Crippen LogP contribution in [0.2, 0.25) is 0 Å². The van der Waals surface area contributed by atoms with E-state index >= 15 is 0 Å². The lowest BCUT2D eigenvalue weighted by atomic mass is 9.94. The molecule has 1 aliphatic heterocycles. The summed E-state index contributed by atoms with van der Waals surface area (Å²) >= 11 is 0. The van der Waals surface area contributed by atoms with E-state index in [-0.39, 0.29) is 17.4 Å². The van der Waals surface area contributed by atoms with Gasteiger partial charge in [-0.15, -0.1) is 0 Å². The van der Waals surface area contributed by atoms with Crippen LogP contribution in [0.4, 0.5) is 0 Å². The van der Waals surface area contributed by atoms with Gasteiger partial charge in [-0.25, -0.2) is 0 Å². The van der Waals surface area contributed by atoms with Crippen molar-refractivity contribution < 1.29 is 9.53 Å². The average molecular weight is 185 g/mol. The molecule has 0 aromatic heterocycles. The minimum absolute atomic E-state index is 0.0944. The third-order valence-corrected chi connectivity index (χ3v) is 2.81. The average Bonchev–Trinajstić information content (AvgIpc) is 2.48. The molecule has 3 nitrogen and oxygen atoms in total. The molecule has 1 heterocycles. The highest BCUT2D eigenvalue weighted by molar-refractivity contribution is 5.80. The normalized spacial score (nSPS) is 23.3. The van der Waals surface area contributed by atoms with E-state index in [1.165, 1.54) is 0 Å². The fraction of sp³-hybridized carbons (Fsp3) is 0.900. The summed E-state index contributed by atoms with van der Waals surface area (Å²) in [7, 11) is 1.72. The predicted molar refractivity (Wildman–Crippen MR) is 51.4 cm³/mol. The van der Waals surface area contributed by atoms with Gasteiger partial charge in [-0.05, 0) is 33.1 Å². The molecule has 1 unspecified atom stereocenters. The van der Waals surface area contributed by atoms with Crippen molar-refractivity contribution in [3.63, 3.8) is 0 Å². The Labute approximate surface area is 79.8 Å². The summed E-state index contributed by atoms with van der Waals surface area (Å²) in [6.45, 7) is 4.95. The predicted octanol–water partition coefficient (Wildman–Crippen LogP) is 1.33. The molecule has 1 rings (SSSR count). The molecule has 0 aliphatic carbocycles. The number of carbonyl (C=O) groups excluding carboxylic acids is 1. The summed E-state index contributed by atoms with van der Waals surface area (Å²) in [4.78, 5) is 11.2. The van der Waals surface area contributed by atoms with Crippen molar-refractivity contribution in [1.82, 2.24) is 5.32 Å². The van der Waals surface area contributed by atoms with E-state index in [2.05, 4.69) is 19.2 Å². The van der Waals surface area contributed by atoms with Crippen LogP contribution in [-0.4, -0.2) is 25.2 Å². The standard InChI is InChI=1S/C10H19NO2/c1-10(2,13-3)6-4-8-5-7-11-9(8)12/h8H,4-7H2,1-3H3,(H,11,12). The van der Waals surface area contributed by atoms with Gasteiger partial charge in [-0.2, -0.15) is 0 Å². The Morgan fingerprint density at radius 3 is 2.77 bits per heavy atom. The fourth-order valence-electron chi connectivity index (χ4n) is 1.54. The highest BCUT2D eigenvalue weighted by atomic mass is 16.5. The molecule has 0 bridgehead atoms. The first-order valence-corrected chi connectivity index (χ1v) is 4.88. The van der Waals surface area contributed by atoms with Crippen molar-refractivity contribution in [3.05, 3.63) is 0 Å². The van der Waals surface area contributed by atoms with Crippen LogP contribution in [0.15, 0.2) is 0 Å². The highest BCUT2D eigenvalue weighted by Crippen LogP contribution is 2.23. The van der Waals surface area contributed by atoms with Gasteiger partial charge in [0.05, 0.1) is 5.60 Å². The Balaban J connectivity index is 2.29. The van der Waals surface area contributed by atoms with E-state index in [1.54, 1.807) is 7.11 Å². The van der Waals surface area contributed by atoms with Crippen molar-refractivity contribution in [3.8, 4) is 0 Å². The SMILES string of the molecule is COC(C)(C)CCC1CCNC1=O. The Bertz CT molecular complexity index is 189. The van der Waals surface area contributed by atoms with Gasteiger partial charge in [-0.1, -0.05) is 0 Å². The summed E-state index contributed by atoms with van der Waals surface area (Å²) in [5, 5.41) is 2.84. The molecule has 1 saturated heterocycles. The zero-order valence-electron chi connectivity index (χ0n) is 8.72. The lowest BCUT2D eigenvalue weighted by Gasteiger charge is -2.23. The molecule has 0 radical (unpaired) electrons. The first-order valence-electron chi connectivity index (χ1n) is 4.88. The second-order valence-corrected chi connectivity index (χ2v) is 4.28. The number of hydrogen-bond acceptors (Lipinski definition) is 2. The van der Waals surface area contributed by atoms with E-state index in [0.29, 0.717) is 0 Å². The molecular weight excluding hydrogens is 166 g/mol. The maximum atomic E-state index is 11.2. The smallest absolute Gasteiger partial charge is 0.223 e. The van der Waals surface area contributed by atoms with Gasteiger partial charge in [0.2, 0.25) is 5.91 Å². The van der Waals surface area contributed by atoms with Gasteiger partial charge in [0.25, 0.3) is 0 Å². The number of rotatable bonds is 4. The molecule has 1 atom stereocenters. The molecule has 76 valence electrons. The van der Waals surface area contributed by atoms with E-state index in [9.17, 15) is 4.79 Å². The summed E-state index contributed by atoms with van der Waals surface area (Å²) in [5.41, 5.74) is -0.0944. The maximum Gasteiger partial charge on any atom is 0.223 e. The van der Waals surface area contributed by atoms with E-state index in [4.69, 9.17) is 4.74 Å². The number of ether oxygens (including phenoxy) is 1. The zero-order chi connectivity index (χ0) is 9.90. The quantitative estimate of drug-likeness (QED) is 0.717. The minimum atomic E-state index is -0.0944. The van der Waals surface area contributed by atoms with Crippen molar-refractivity contribution in [2.45, 2.75) is 38.7 Å². The van der Waals surface area contributed by atoms with E-state index in [0.717, 1.165) is 25.8 Å². The van der Waals surface area contributed by atoms with E-state index in [1.807, 2.05) is 0 Å². The summed E-state index contributed by atoms with van der Waals surface area (Å²) in [6.07, 6.45) is 2.87. The van der Waals surface area contributed by atoms with Crippen LogP contribution in [0.1, 0.15) is 33.1 Å². The van der Waals surface area contributed by atoms with Crippen LogP contribution < -0.4 is 5.32 Å². The number of methoxy groups -OCH3 is 1. The summed E-state index contributed by atoms with van der Waals surface area (Å²) < 4.78 is 5.30. The van der Waals surface area contributed by atoms with Gasteiger partial charge >= 0.3 is 0 Å². The van der Waals surface area contributed by atoms with Crippen LogP contribution in [0.5, 0.6) is 0 Å². The van der Waals surface area contributed by atoms with Gasteiger partial charge in [0.1, 0.15) is 0 Å². The van der Waals surface area contributed by atoms with Crippen LogP contribution >= 0.6 is 0 Å². The zero-order valence-corrected chi connectivity index (χ0v) is 8.72. The molecule has 0 spiro atoms. The first kappa shape index (κ1) is 10.5. The Morgan fingerprint density at radius 1 is 1.62 bits per heavy atom. The molecule has 0 aromatic rings. The number of nitrogens with one attached hydrogen (secondary N) is 1. The Kier molecular flexibility index (Phi) is 3.31. The van der Waals surface area contributed by atoms with Crippen LogP contribution in [0, 0.1) is 5.92 Å². The molecule has 1 N–H and O–H groups in total. The molecular formula is C10H19NO2. The second kappa shape index (κ2) is 4.09. The molecule has 1 fully saturated rings. The lowest BCUT2D eigenvalue weighted by molar-refractivity contribution is -0.122. The third kappa shape index (κ3) is 2.99. The monoisotopic (exact) mass is 185 g/mol. The maximum absolute atomic E-state index is 11.2. The molecule has 0 aromatic carbocycles. The minimum Gasteiger partial charge on any atom is -0.379 e. The molecule has 3 heteroatoms. The first-order chi connectivity index (χ1) is 6.05. The lowest BCUT2D eigenvalue weighted by Crippen LogP contribution is -2.25. The molecule has 0 saturated carbocycles. The fourth-order valence-corrected chi connectivity index (χ4v) is 1.54. The van der Waals surface area contributed by atoms with Crippen molar-refractivity contribution in [2.75, 3.05) is 13.7 Å². The van der Waals surface area contributed by atoms with Gasteiger partial charge < -0.3 is 10.1 Å². The second-order valence-electron chi connectivity index (χ2n) is 4.28. The molecule has 1 aliphatic rings. The summed E-state index contributed by atoms with van der Waals surface area (Å²) in [6, 6.07) is 0. The Morgan fingerprint density at radius 2 is 2.31 bits per heavy atom. The number of amides is 1. The van der Waals surface area contributed by atoms with Crippen LogP contribution in [-0.2, 0) is 9.53 Å². The van der Waals surface area contributed by atoms with Crippen molar-refractivity contribution in [1.29, 1.82) is 0 Å². The van der Waals surface area contributed by atoms with Crippen LogP contribution in [0.3, 0.4) is 0 Å². The molecule has 1 amide bonds. The number of hydrogen-bond donors (Lipinski definition) is 1. The number of carbonyl (C=O) groups is 1. The topological polar surface area (TPSA) is 38.3 Å². The van der Waals surface area contributed by atoms with Gasteiger partial charge in [-0.3, -0.25) is 4.79 Å². The summed E-state index contributed by atoms with van der Waals surface area (Å²) in [5.74, 6) is 0.432. The van der Waals surface area contributed by atoms with Gasteiger partial charge in [0.15, 0.2) is 0 Å². The van der Waals surface area contributed by atoms with Crippen LogP contribution in [0.25, 0.3) is 0 Å². The van der Waals surface area contributed by atoms with Crippen molar-refractivity contribution >= 4 is 5.91 Å². The highest BCUT2D eigenvalue weighted by Gasteiger charge is 2.26. The Hall–Kier alpha value is -0.570. The van der Waals surface area contributed by atoms with Gasteiger partial charge in [0, 0.05) is 19.6 Å². The third-order valence-electron chi connectivity index (χ3n) is 2.81. The van der Waals surface area contributed by atoms with E-state index < -0.39 is 0 Å². The van der Waals surface area contributed by atoms with Crippen molar-refractivity contribution in [2.24, 2.45) is 5.92 Å².